The van der Waals surface area contributed by atoms with Crippen LogP contribution in [0.3, 0.4) is 0 Å². The summed E-state index contributed by atoms with van der Waals surface area (Å²) in [6.07, 6.45) is 3.68. The van der Waals surface area contributed by atoms with Crippen molar-refractivity contribution in [3.63, 3.8) is 0 Å². The SMILES string of the molecule is COC1=CC(=S)C(N)CC1. The average molecular weight is 157 g/mol. The molecule has 0 radical (unpaired) electrons. The maximum Gasteiger partial charge on any atom is 0.0967 e. The second-order valence-corrected chi connectivity index (χ2v) is 2.83. The highest BCUT2D eigenvalue weighted by Crippen LogP contribution is 2.15. The fraction of sp³-hybridized carbons (Fsp3) is 0.571. The predicted molar refractivity (Wildman–Crippen MR) is 44.9 cm³/mol. The minimum Gasteiger partial charge on any atom is -0.501 e. The van der Waals surface area contributed by atoms with Crippen LogP contribution in [-0.2, 0) is 4.74 Å². The first-order chi connectivity index (χ1) is 4.74. The number of allylic oxidation sites excluding steroid dienone is 1. The molecule has 2 nitrogen and oxygen atoms in total. The van der Waals surface area contributed by atoms with Crippen LogP contribution in [0.15, 0.2) is 11.8 Å². The van der Waals surface area contributed by atoms with Gasteiger partial charge in [-0.25, -0.2) is 0 Å². The molecule has 0 aliphatic heterocycles. The zero-order chi connectivity index (χ0) is 7.56. The van der Waals surface area contributed by atoms with Gasteiger partial charge in [-0.15, -0.1) is 0 Å². The summed E-state index contributed by atoms with van der Waals surface area (Å²) in [5.74, 6) is 0.951. The molecule has 10 heavy (non-hydrogen) atoms. The van der Waals surface area contributed by atoms with Crippen LogP contribution < -0.4 is 5.73 Å². The zero-order valence-electron chi connectivity index (χ0n) is 5.96. The standard InChI is InChI=1S/C7H11NOS/c1-9-5-2-3-6(8)7(10)4-5/h4,6H,2-3,8H2,1H3. The van der Waals surface area contributed by atoms with Crippen LogP contribution in [0.1, 0.15) is 12.8 Å². The third kappa shape index (κ3) is 1.55. The maximum atomic E-state index is 5.65. The van der Waals surface area contributed by atoms with Crippen LogP contribution >= 0.6 is 12.2 Å². The first-order valence-electron chi connectivity index (χ1n) is 3.28. The Morgan fingerprint density at radius 3 is 3.00 bits per heavy atom. The van der Waals surface area contributed by atoms with Crippen molar-refractivity contribution in [3.05, 3.63) is 11.8 Å². The van der Waals surface area contributed by atoms with Crippen molar-refractivity contribution in [1.29, 1.82) is 0 Å². The Labute approximate surface area is 66.0 Å². The molecule has 0 aromatic carbocycles. The van der Waals surface area contributed by atoms with Crippen molar-refractivity contribution in [2.45, 2.75) is 18.9 Å². The van der Waals surface area contributed by atoms with Gasteiger partial charge in [0.05, 0.1) is 12.9 Å². The van der Waals surface area contributed by atoms with Gasteiger partial charge < -0.3 is 10.5 Å². The lowest BCUT2D eigenvalue weighted by molar-refractivity contribution is 0.272. The van der Waals surface area contributed by atoms with Crippen molar-refractivity contribution in [3.8, 4) is 0 Å². The summed E-state index contributed by atoms with van der Waals surface area (Å²) < 4.78 is 5.03. The lowest BCUT2D eigenvalue weighted by atomic mass is 10.0. The van der Waals surface area contributed by atoms with Crippen molar-refractivity contribution in [2.24, 2.45) is 5.73 Å². The van der Waals surface area contributed by atoms with E-state index in [4.69, 9.17) is 22.7 Å². The second-order valence-electron chi connectivity index (χ2n) is 2.36. The molecule has 0 aromatic heterocycles. The smallest absolute Gasteiger partial charge is 0.0967 e. The van der Waals surface area contributed by atoms with Crippen molar-refractivity contribution in [1.82, 2.24) is 0 Å². The van der Waals surface area contributed by atoms with Gasteiger partial charge in [-0.2, -0.15) is 0 Å². The van der Waals surface area contributed by atoms with Gasteiger partial charge in [-0.1, -0.05) is 12.2 Å². The van der Waals surface area contributed by atoms with Gasteiger partial charge in [0.15, 0.2) is 0 Å². The summed E-state index contributed by atoms with van der Waals surface area (Å²) in [6, 6.07) is 0.0638. The Morgan fingerprint density at radius 2 is 2.50 bits per heavy atom. The Balaban J connectivity index is 2.66. The Hall–Kier alpha value is -0.410. The van der Waals surface area contributed by atoms with Gasteiger partial charge in [0, 0.05) is 17.3 Å². The molecule has 0 spiro atoms. The molecule has 0 bridgehead atoms. The van der Waals surface area contributed by atoms with Gasteiger partial charge in [0.2, 0.25) is 0 Å². The summed E-state index contributed by atoms with van der Waals surface area (Å²) in [5, 5.41) is 0. The van der Waals surface area contributed by atoms with Crippen LogP contribution in [0, 0.1) is 0 Å². The van der Waals surface area contributed by atoms with E-state index in [1.807, 2.05) is 6.08 Å². The maximum absolute atomic E-state index is 5.65. The van der Waals surface area contributed by atoms with Crippen molar-refractivity contribution < 1.29 is 4.74 Å². The lowest BCUT2D eigenvalue weighted by Crippen LogP contribution is -2.30. The number of rotatable bonds is 1. The number of hydrogen-bond acceptors (Lipinski definition) is 3. The second kappa shape index (κ2) is 3.12. The van der Waals surface area contributed by atoms with Gasteiger partial charge >= 0.3 is 0 Å². The molecule has 2 N–H and O–H groups in total. The van der Waals surface area contributed by atoms with E-state index >= 15 is 0 Å². The molecular formula is C7H11NOS. The van der Waals surface area contributed by atoms with Crippen LogP contribution in [0.2, 0.25) is 0 Å². The molecule has 1 aliphatic rings. The minimum absolute atomic E-state index is 0.0638. The molecular weight excluding hydrogens is 146 g/mol. The first kappa shape index (κ1) is 7.69. The summed E-state index contributed by atoms with van der Waals surface area (Å²) in [4.78, 5) is 0.808. The number of thiocarbonyl (C=S) groups is 1. The molecule has 0 saturated heterocycles. The molecule has 0 aromatic rings. The molecule has 0 saturated carbocycles. The zero-order valence-corrected chi connectivity index (χ0v) is 6.78. The third-order valence-electron chi connectivity index (χ3n) is 1.63. The molecule has 1 unspecified atom stereocenters. The monoisotopic (exact) mass is 157 g/mol. The van der Waals surface area contributed by atoms with E-state index in [-0.39, 0.29) is 6.04 Å². The van der Waals surface area contributed by atoms with E-state index in [0.717, 1.165) is 23.5 Å². The fourth-order valence-corrected chi connectivity index (χ4v) is 1.19. The minimum atomic E-state index is 0.0638. The summed E-state index contributed by atoms with van der Waals surface area (Å²) in [7, 11) is 1.66. The average Bonchev–Trinajstić information content (AvgIpc) is 1.95. The Morgan fingerprint density at radius 1 is 1.80 bits per heavy atom. The largest absolute Gasteiger partial charge is 0.501 e. The van der Waals surface area contributed by atoms with Crippen molar-refractivity contribution in [2.75, 3.05) is 7.11 Å². The molecule has 3 heteroatoms. The Kier molecular flexibility index (Phi) is 2.40. The first-order valence-corrected chi connectivity index (χ1v) is 3.69. The lowest BCUT2D eigenvalue weighted by Gasteiger charge is -2.17. The highest BCUT2D eigenvalue weighted by Gasteiger charge is 2.14. The highest BCUT2D eigenvalue weighted by molar-refractivity contribution is 7.80. The van der Waals surface area contributed by atoms with E-state index in [1.165, 1.54) is 0 Å². The van der Waals surface area contributed by atoms with Gasteiger partial charge in [-0.3, -0.25) is 0 Å². The summed E-state index contributed by atoms with van der Waals surface area (Å²) >= 11 is 4.99. The molecule has 56 valence electrons. The topological polar surface area (TPSA) is 35.2 Å². The molecule has 1 rings (SSSR count). The number of ether oxygens (including phenoxy) is 1. The van der Waals surface area contributed by atoms with Crippen molar-refractivity contribution >= 4 is 17.1 Å². The van der Waals surface area contributed by atoms with Gasteiger partial charge in [0.25, 0.3) is 0 Å². The highest BCUT2D eigenvalue weighted by atomic mass is 32.1. The fourth-order valence-electron chi connectivity index (χ4n) is 0.939. The molecule has 0 fully saturated rings. The van der Waals surface area contributed by atoms with Crippen LogP contribution in [-0.4, -0.2) is 18.0 Å². The van der Waals surface area contributed by atoms with Crippen LogP contribution in [0.25, 0.3) is 0 Å². The van der Waals surface area contributed by atoms with Gasteiger partial charge in [0.1, 0.15) is 0 Å². The molecule has 0 heterocycles. The van der Waals surface area contributed by atoms with Crippen LogP contribution in [0.5, 0.6) is 0 Å². The van der Waals surface area contributed by atoms with E-state index < -0.39 is 0 Å². The number of hydrogen-bond donors (Lipinski definition) is 1. The normalized spacial score (nSPS) is 26.0. The van der Waals surface area contributed by atoms with E-state index in [1.54, 1.807) is 7.11 Å². The van der Waals surface area contributed by atoms with E-state index in [9.17, 15) is 0 Å². The molecule has 0 amide bonds. The predicted octanol–water partition coefficient (Wildman–Crippen LogP) is 1.01. The van der Waals surface area contributed by atoms with E-state index in [2.05, 4.69) is 0 Å². The third-order valence-corrected chi connectivity index (χ3v) is 2.05. The number of methoxy groups -OCH3 is 1. The van der Waals surface area contributed by atoms with Crippen LogP contribution in [0.4, 0.5) is 0 Å². The van der Waals surface area contributed by atoms with E-state index in [0.29, 0.717) is 0 Å². The quantitative estimate of drug-likeness (QED) is 0.577. The van der Waals surface area contributed by atoms with Gasteiger partial charge in [-0.05, 0) is 12.5 Å². The number of nitrogens with two attached hydrogens (primary N) is 1. The summed E-state index contributed by atoms with van der Waals surface area (Å²) in [5.41, 5.74) is 5.65. The molecule has 1 aliphatic carbocycles. The Bertz CT molecular complexity index is 176. The summed E-state index contributed by atoms with van der Waals surface area (Å²) in [6.45, 7) is 0. The molecule has 1 atom stereocenters.